The molecule has 3 aromatic rings. The van der Waals surface area contributed by atoms with E-state index in [-0.39, 0.29) is 6.03 Å². The van der Waals surface area contributed by atoms with Gasteiger partial charge in [0.15, 0.2) is 0 Å². The molecule has 0 aromatic carbocycles. The summed E-state index contributed by atoms with van der Waals surface area (Å²) in [7, 11) is 0. The lowest BCUT2D eigenvalue weighted by Gasteiger charge is -2.07. The number of nitrogens with one attached hydrogen (secondary N) is 2. The van der Waals surface area contributed by atoms with E-state index in [1.54, 1.807) is 28.9 Å². The standard InChI is InChI=1S/C16H15N3OS2/c20-16(19-11-13-3-1-7-21-13)18-10-12-5-6-17-14(9-12)15-4-2-8-22-15/h1-9H,10-11H2,(H2,18,19,20). The van der Waals surface area contributed by atoms with Gasteiger partial charge in [-0.2, -0.15) is 0 Å². The second-order valence-electron chi connectivity index (χ2n) is 4.64. The zero-order chi connectivity index (χ0) is 15.2. The molecular weight excluding hydrogens is 314 g/mol. The topological polar surface area (TPSA) is 54.0 Å². The number of amides is 2. The molecule has 0 aliphatic heterocycles. The van der Waals surface area contributed by atoms with Gasteiger partial charge in [-0.1, -0.05) is 12.1 Å². The molecule has 0 saturated heterocycles. The second kappa shape index (κ2) is 7.20. The van der Waals surface area contributed by atoms with Gasteiger partial charge in [0.25, 0.3) is 0 Å². The highest BCUT2D eigenvalue weighted by Crippen LogP contribution is 2.22. The number of urea groups is 1. The number of aromatic nitrogens is 1. The molecule has 0 bridgehead atoms. The molecule has 0 fully saturated rings. The summed E-state index contributed by atoms with van der Waals surface area (Å²) in [6.07, 6.45) is 1.77. The van der Waals surface area contributed by atoms with Gasteiger partial charge in [0.05, 0.1) is 17.1 Å². The summed E-state index contributed by atoms with van der Waals surface area (Å²) in [5.74, 6) is 0. The van der Waals surface area contributed by atoms with E-state index >= 15 is 0 Å². The lowest BCUT2D eigenvalue weighted by atomic mass is 10.2. The van der Waals surface area contributed by atoms with Gasteiger partial charge in [-0.3, -0.25) is 4.98 Å². The molecule has 3 heterocycles. The Hall–Kier alpha value is -2.18. The van der Waals surface area contributed by atoms with Gasteiger partial charge in [0, 0.05) is 17.6 Å². The Kier molecular flexibility index (Phi) is 4.82. The summed E-state index contributed by atoms with van der Waals surface area (Å²) < 4.78 is 0. The van der Waals surface area contributed by atoms with Crippen molar-refractivity contribution in [3.63, 3.8) is 0 Å². The molecule has 0 saturated carbocycles. The van der Waals surface area contributed by atoms with E-state index in [1.807, 2.05) is 47.2 Å². The van der Waals surface area contributed by atoms with Crippen LogP contribution >= 0.6 is 22.7 Å². The van der Waals surface area contributed by atoms with Gasteiger partial charge in [-0.05, 0) is 40.6 Å². The molecular formula is C16H15N3OS2. The quantitative estimate of drug-likeness (QED) is 0.746. The lowest BCUT2D eigenvalue weighted by Crippen LogP contribution is -2.34. The van der Waals surface area contributed by atoms with Crippen LogP contribution in [0.2, 0.25) is 0 Å². The molecule has 22 heavy (non-hydrogen) atoms. The third kappa shape index (κ3) is 3.93. The average Bonchev–Trinajstić information content (AvgIpc) is 3.24. The smallest absolute Gasteiger partial charge is 0.315 e. The van der Waals surface area contributed by atoms with Gasteiger partial charge >= 0.3 is 6.03 Å². The molecule has 0 unspecified atom stereocenters. The van der Waals surface area contributed by atoms with Crippen LogP contribution in [-0.4, -0.2) is 11.0 Å². The highest BCUT2D eigenvalue weighted by atomic mass is 32.1. The van der Waals surface area contributed by atoms with Crippen molar-refractivity contribution in [2.45, 2.75) is 13.1 Å². The first-order valence-electron chi connectivity index (χ1n) is 6.84. The minimum atomic E-state index is -0.164. The molecule has 6 heteroatoms. The number of thiophene rings is 2. The van der Waals surface area contributed by atoms with Crippen molar-refractivity contribution in [1.82, 2.24) is 15.6 Å². The van der Waals surface area contributed by atoms with E-state index in [1.165, 1.54) is 0 Å². The van der Waals surface area contributed by atoms with Crippen molar-refractivity contribution in [1.29, 1.82) is 0 Å². The monoisotopic (exact) mass is 329 g/mol. The molecule has 112 valence electrons. The van der Waals surface area contributed by atoms with Crippen LogP contribution in [0.15, 0.2) is 53.4 Å². The lowest BCUT2D eigenvalue weighted by molar-refractivity contribution is 0.240. The summed E-state index contributed by atoms with van der Waals surface area (Å²) in [5.41, 5.74) is 1.97. The zero-order valence-electron chi connectivity index (χ0n) is 11.8. The van der Waals surface area contributed by atoms with E-state index < -0.39 is 0 Å². The third-order valence-corrected chi connectivity index (χ3v) is 4.82. The summed E-state index contributed by atoms with van der Waals surface area (Å²) >= 11 is 3.28. The summed E-state index contributed by atoms with van der Waals surface area (Å²) in [5, 5.41) is 9.73. The van der Waals surface area contributed by atoms with Crippen molar-refractivity contribution in [2.24, 2.45) is 0 Å². The van der Waals surface area contributed by atoms with E-state index in [0.29, 0.717) is 13.1 Å². The number of rotatable bonds is 5. The Morgan fingerprint density at radius 2 is 1.86 bits per heavy atom. The third-order valence-electron chi connectivity index (χ3n) is 3.05. The van der Waals surface area contributed by atoms with Gasteiger partial charge in [-0.15, -0.1) is 22.7 Å². The number of hydrogen-bond acceptors (Lipinski definition) is 4. The molecule has 3 rings (SSSR count). The molecule has 0 aliphatic carbocycles. The molecule has 0 radical (unpaired) electrons. The van der Waals surface area contributed by atoms with Crippen LogP contribution in [0, 0.1) is 0 Å². The van der Waals surface area contributed by atoms with Crippen LogP contribution in [0.4, 0.5) is 4.79 Å². The maximum atomic E-state index is 11.8. The van der Waals surface area contributed by atoms with E-state index in [2.05, 4.69) is 15.6 Å². The van der Waals surface area contributed by atoms with Crippen molar-refractivity contribution >= 4 is 28.7 Å². The van der Waals surface area contributed by atoms with E-state index in [4.69, 9.17) is 0 Å². The Bertz CT molecular complexity index is 724. The second-order valence-corrected chi connectivity index (χ2v) is 6.62. The number of nitrogens with zero attached hydrogens (tertiary/aromatic N) is 1. The van der Waals surface area contributed by atoms with Crippen molar-refractivity contribution in [2.75, 3.05) is 0 Å². The fourth-order valence-electron chi connectivity index (χ4n) is 1.97. The van der Waals surface area contributed by atoms with E-state index in [0.717, 1.165) is 21.0 Å². The van der Waals surface area contributed by atoms with Gasteiger partial charge in [0.1, 0.15) is 0 Å². The van der Waals surface area contributed by atoms with Crippen LogP contribution < -0.4 is 10.6 Å². The molecule has 2 amide bonds. The van der Waals surface area contributed by atoms with Crippen LogP contribution in [-0.2, 0) is 13.1 Å². The predicted molar refractivity (Wildman–Crippen MR) is 90.9 cm³/mol. The zero-order valence-corrected chi connectivity index (χ0v) is 13.4. The first-order valence-corrected chi connectivity index (χ1v) is 8.60. The molecule has 4 nitrogen and oxygen atoms in total. The van der Waals surface area contributed by atoms with Crippen molar-refractivity contribution in [3.8, 4) is 10.6 Å². The van der Waals surface area contributed by atoms with Crippen LogP contribution in [0.3, 0.4) is 0 Å². The van der Waals surface area contributed by atoms with Crippen LogP contribution in [0.5, 0.6) is 0 Å². The van der Waals surface area contributed by atoms with Crippen molar-refractivity contribution in [3.05, 3.63) is 63.8 Å². The van der Waals surface area contributed by atoms with Gasteiger partial charge in [0.2, 0.25) is 0 Å². The fraction of sp³-hybridized carbons (Fsp3) is 0.125. The Balaban J connectivity index is 1.53. The fourth-order valence-corrected chi connectivity index (χ4v) is 3.31. The van der Waals surface area contributed by atoms with Crippen LogP contribution in [0.25, 0.3) is 10.6 Å². The molecule has 3 aromatic heterocycles. The maximum absolute atomic E-state index is 11.8. The molecule has 0 spiro atoms. The Morgan fingerprint density at radius 1 is 1.05 bits per heavy atom. The van der Waals surface area contributed by atoms with Crippen LogP contribution in [0.1, 0.15) is 10.4 Å². The Labute approximate surface area is 136 Å². The van der Waals surface area contributed by atoms with E-state index in [9.17, 15) is 4.79 Å². The number of carbonyl (C=O) groups excluding carboxylic acids is 1. The normalized spacial score (nSPS) is 10.4. The van der Waals surface area contributed by atoms with Gasteiger partial charge in [-0.25, -0.2) is 4.79 Å². The summed E-state index contributed by atoms with van der Waals surface area (Å²) in [6.45, 7) is 1.04. The highest BCUT2D eigenvalue weighted by molar-refractivity contribution is 7.13. The minimum absolute atomic E-state index is 0.164. The van der Waals surface area contributed by atoms with Crippen molar-refractivity contribution < 1.29 is 4.79 Å². The number of pyridine rings is 1. The number of hydrogen-bond donors (Lipinski definition) is 2. The molecule has 2 N–H and O–H groups in total. The Morgan fingerprint density at radius 3 is 2.64 bits per heavy atom. The molecule has 0 atom stereocenters. The maximum Gasteiger partial charge on any atom is 0.315 e. The average molecular weight is 329 g/mol. The summed E-state index contributed by atoms with van der Waals surface area (Å²) in [6, 6.07) is 11.8. The predicted octanol–water partition coefficient (Wildman–Crippen LogP) is 3.87. The number of carbonyl (C=O) groups is 1. The SMILES string of the molecule is O=C(NCc1ccnc(-c2cccs2)c1)NCc1cccs1. The summed E-state index contributed by atoms with van der Waals surface area (Å²) in [4.78, 5) is 18.4. The van der Waals surface area contributed by atoms with Gasteiger partial charge < -0.3 is 10.6 Å². The minimum Gasteiger partial charge on any atom is -0.334 e. The first kappa shape index (κ1) is 14.7. The largest absolute Gasteiger partial charge is 0.334 e. The highest BCUT2D eigenvalue weighted by Gasteiger charge is 2.04. The first-order chi connectivity index (χ1) is 10.8. The molecule has 0 aliphatic rings.